The Labute approximate surface area is 143 Å². The van der Waals surface area contributed by atoms with Crippen molar-refractivity contribution in [2.75, 3.05) is 6.54 Å². The Morgan fingerprint density at radius 1 is 1.22 bits per heavy atom. The summed E-state index contributed by atoms with van der Waals surface area (Å²) in [5.41, 5.74) is 1.25. The standard InChI is InChI=1S/C10H13NO2.C10H20.H2/c12-10(13)11-8-4-7-9-5-2-1-3-6-9;1-8(2)10-6-4-9(3)5-7-10;/h1-3,5-6,11H,4,7-8H2,(H,12,13);8-10H,4-7H2,1-3H3;1H. The Morgan fingerprint density at radius 2 is 1.83 bits per heavy atom. The molecule has 0 aliphatic heterocycles. The molecule has 0 atom stereocenters. The van der Waals surface area contributed by atoms with Gasteiger partial charge in [-0.15, -0.1) is 0 Å². The minimum Gasteiger partial charge on any atom is -0.465 e. The van der Waals surface area contributed by atoms with Crippen LogP contribution < -0.4 is 5.32 Å². The van der Waals surface area contributed by atoms with E-state index in [2.05, 4.69) is 26.1 Å². The molecular weight excluding hydrogens is 286 g/mol. The van der Waals surface area contributed by atoms with Crippen molar-refractivity contribution in [2.45, 2.75) is 59.3 Å². The predicted molar refractivity (Wildman–Crippen MR) is 98.9 cm³/mol. The molecule has 0 aromatic heterocycles. The van der Waals surface area contributed by atoms with Gasteiger partial charge in [-0.25, -0.2) is 4.79 Å². The van der Waals surface area contributed by atoms with E-state index in [1.807, 2.05) is 30.3 Å². The van der Waals surface area contributed by atoms with Crippen molar-refractivity contribution in [3.63, 3.8) is 0 Å². The molecule has 1 aliphatic rings. The average molecular weight is 322 g/mol. The smallest absolute Gasteiger partial charge is 0.404 e. The van der Waals surface area contributed by atoms with Gasteiger partial charge >= 0.3 is 6.09 Å². The number of benzene rings is 1. The molecule has 0 saturated heterocycles. The second kappa shape index (κ2) is 11.1. The van der Waals surface area contributed by atoms with Crippen molar-refractivity contribution in [1.82, 2.24) is 5.32 Å². The van der Waals surface area contributed by atoms with Crippen molar-refractivity contribution < 1.29 is 11.3 Å². The van der Waals surface area contributed by atoms with Gasteiger partial charge in [0.2, 0.25) is 0 Å². The van der Waals surface area contributed by atoms with Crippen molar-refractivity contribution in [3.8, 4) is 0 Å². The molecule has 23 heavy (non-hydrogen) atoms. The molecule has 132 valence electrons. The van der Waals surface area contributed by atoms with E-state index in [0.29, 0.717) is 6.54 Å². The third kappa shape index (κ3) is 9.27. The maximum Gasteiger partial charge on any atom is 0.404 e. The fourth-order valence-electron chi connectivity index (χ4n) is 3.09. The van der Waals surface area contributed by atoms with Crippen molar-refractivity contribution >= 4 is 6.09 Å². The fourth-order valence-corrected chi connectivity index (χ4v) is 3.09. The Hall–Kier alpha value is -1.51. The topological polar surface area (TPSA) is 49.3 Å². The van der Waals surface area contributed by atoms with Gasteiger partial charge in [0.1, 0.15) is 0 Å². The van der Waals surface area contributed by atoms with Gasteiger partial charge < -0.3 is 10.4 Å². The van der Waals surface area contributed by atoms with E-state index >= 15 is 0 Å². The number of aryl methyl sites for hydroxylation is 1. The van der Waals surface area contributed by atoms with Crippen LogP contribution in [-0.4, -0.2) is 17.7 Å². The SMILES string of the molecule is CC1CCC(C(C)C)CC1.O=C(O)NCCCc1ccccc1.[HH]. The molecule has 0 bridgehead atoms. The van der Waals surface area contributed by atoms with Gasteiger partial charge in [0.15, 0.2) is 0 Å². The first kappa shape index (κ1) is 19.5. The predicted octanol–water partition coefficient (Wildman–Crippen LogP) is 5.60. The minimum atomic E-state index is -0.951. The molecule has 1 saturated carbocycles. The van der Waals surface area contributed by atoms with Crippen LogP contribution in [0.3, 0.4) is 0 Å². The van der Waals surface area contributed by atoms with Gasteiger partial charge in [-0.1, -0.05) is 63.9 Å². The van der Waals surface area contributed by atoms with Crippen molar-refractivity contribution in [3.05, 3.63) is 35.9 Å². The zero-order valence-corrected chi connectivity index (χ0v) is 14.9. The maximum atomic E-state index is 10.1. The molecule has 3 nitrogen and oxygen atoms in total. The van der Waals surface area contributed by atoms with Crippen LogP contribution in [0.2, 0.25) is 0 Å². The highest BCUT2D eigenvalue weighted by Crippen LogP contribution is 2.32. The number of carboxylic acid groups (broad SMARTS) is 1. The second-order valence-corrected chi connectivity index (χ2v) is 7.09. The van der Waals surface area contributed by atoms with Crippen LogP contribution in [0.15, 0.2) is 30.3 Å². The third-order valence-corrected chi connectivity index (χ3v) is 4.76. The van der Waals surface area contributed by atoms with Crippen LogP contribution in [0.25, 0.3) is 0 Å². The maximum absolute atomic E-state index is 10.1. The summed E-state index contributed by atoms with van der Waals surface area (Å²) >= 11 is 0. The fraction of sp³-hybridized carbons (Fsp3) is 0.650. The number of rotatable bonds is 5. The van der Waals surface area contributed by atoms with E-state index in [1.165, 1.54) is 31.2 Å². The number of hydrogen-bond donors (Lipinski definition) is 2. The molecule has 1 aromatic rings. The molecule has 2 N–H and O–H groups in total. The van der Waals surface area contributed by atoms with Crippen LogP contribution in [0.1, 0.15) is 59.9 Å². The van der Waals surface area contributed by atoms with Gasteiger partial charge in [0.25, 0.3) is 0 Å². The molecule has 1 aromatic carbocycles. The van der Waals surface area contributed by atoms with Gasteiger partial charge in [0.05, 0.1) is 0 Å². The molecule has 0 heterocycles. The summed E-state index contributed by atoms with van der Waals surface area (Å²) in [7, 11) is 0. The summed E-state index contributed by atoms with van der Waals surface area (Å²) in [6.07, 6.45) is 6.73. The van der Waals surface area contributed by atoms with Crippen LogP contribution in [0.4, 0.5) is 4.79 Å². The lowest BCUT2D eigenvalue weighted by atomic mass is 9.78. The summed E-state index contributed by atoms with van der Waals surface area (Å²) in [6, 6.07) is 10.0. The van der Waals surface area contributed by atoms with E-state index < -0.39 is 6.09 Å². The molecule has 1 amide bonds. The largest absolute Gasteiger partial charge is 0.465 e. The van der Waals surface area contributed by atoms with E-state index in [9.17, 15) is 4.79 Å². The zero-order valence-electron chi connectivity index (χ0n) is 14.9. The number of amides is 1. The Bertz CT molecular complexity index is 429. The third-order valence-electron chi connectivity index (χ3n) is 4.76. The van der Waals surface area contributed by atoms with Gasteiger partial charge in [-0.3, -0.25) is 0 Å². The summed E-state index contributed by atoms with van der Waals surface area (Å²) < 4.78 is 0. The first-order chi connectivity index (χ1) is 11.0. The quantitative estimate of drug-likeness (QED) is 0.693. The number of hydrogen-bond acceptors (Lipinski definition) is 1. The molecule has 0 unspecified atom stereocenters. The van der Waals surface area contributed by atoms with E-state index in [1.54, 1.807) is 0 Å². The van der Waals surface area contributed by atoms with Crippen LogP contribution in [0.5, 0.6) is 0 Å². The normalized spacial score (nSPS) is 20.5. The average Bonchev–Trinajstić information content (AvgIpc) is 2.53. The Balaban J connectivity index is 0.000000436. The highest BCUT2D eigenvalue weighted by atomic mass is 16.4. The molecule has 0 spiro atoms. The molecule has 0 radical (unpaired) electrons. The summed E-state index contributed by atoms with van der Waals surface area (Å²) in [6.45, 7) is 7.63. The molecular formula is C20H35NO2. The molecule has 3 heteroatoms. The Kier molecular flexibility index (Phi) is 9.42. The molecule has 1 aliphatic carbocycles. The highest BCUT2D eigenvalue weighted by molar-refractivity contribution is 5.64. The van der Waals surface area contributed by atoms with Crippen LogP contribution in [0, 0.1) is 17.8 Å². The first-order valence-electron chi connectivity index (χ1n) is 8.99. The van der Waals surface area contributed by atoms with E-state index in [0.717, 1.165) is 30.6 Å². The monoisotopic (exact) mass is 321 g/mol. The lowest BCUT2D eigenvalue weighted by Gasteiger charge is -2.28. The number of carbonyl (C=O) groups is 1. The molecule has 1 fully saturated rings. The van der Waals surface area contributed by atoms with Crippen molar-refractivity contribution in [1.29, 1.82) is 0 Å². The van der Waals surface area contributed by atoms with E-state index in [4.69, 9.17) is 5.11 Å². The summed E-state index contributed by atoms with van der Waals surface area (Å²) in [5.74, 6) is 2.97. The second-order valence-electron chi connectivity index (χ2n) is 7.09. The highest BCUT2D eigenvalue weighted by Gasteiger charge is 2.20. The van der Waals surface area contributed by atoms with Crippen LogP contribution in [-0.2, 0) is 6.42 Å². The lowest BCUT2D eigenvalue weighted by molar-refractivity contribution is 0.194. The van der Waals surface area contributed by atoms with Gasteiger partial charge in [0, 0.05) is 7.97 Å². The van der Waals surface area contributed by atoms with Crippen LogP contribution >= 0.6 is 0 Å². The van der Waals surface area contributed by atoms with Crippen molar-refractivity contribution in [2.24, 2.45) is 17.8 Å². The summed E-state index contributed by atoms with van der Waals surface area (Å²) in [5, 5.41) is 10.6. The Morgan fingerprint density at radius 3 is 2.35 bits per heavy atom. The minimum absolute atomic E-state index is 0. The van der Waals surface area contributed by atoms with E-state index in [-0.39, 0.29) is 1.43 Å². The molecule has 2 rings (SSSR count). The zero-order chi connectivity index (χ0) is 17.1. The lowest BCUT2D eigenvalue weighted by Crippen LogP contribution is -2.22. The summed E-state index contributed by atoms with van der Waals surface area (Å²) in [4.78, 5) is 10.1. The number of nitrogens with one attached hydrogen (secondary N) is 1. The first-order valence-corrected chi connectivity index (χ1v) is 8.99. The van der Waals surface area contributed by atoms with Gasteiger partial charge in [-0.05, 0) is 49.0 Å². The van der Waals surface area contributed by atoms with Gasteiger partial charge in [-0.2, -0.15) is 0 Å².